The van der Waals surface area contributed by atoms with Crippen molar-refractivity contribution in [1.29, 1.82) is 0 Å². The van der Waals surface area contributed by atoms with Crippen LogP contribution in [0.4, 0.5) is 0 Å². The van der Waals surface area contributed by atoms with Crippen LogP contribution in [0.1, 0.15) is 40.0 Å². The second-order valence-corrected chi connectivity index (χ2v) is 12.1. The van der Waals surface area contributed by atoms with E-state index in [1.165, 1.54) is 0 Å². The molecule has 1 amide bonds. The number of hydrogen-bond donors (Lipinski definition) is 0. The van der Waals surface area contributed by atoms with Gasteiger partial charge in [-0.1, -0.05) is 20.8 Å². The highest BCUT2D eigenvalue weighted by atomic mass is 28.4. The molecule has 0 bridgehead atoms. The van der Waals surface area contributed by atoms with Crippen molar-refractivity contribution in [3.63, 3.8) is 0 Å². The van der Waals surface area contributed by atoms with Crippen molar-refractivity contribution in [2.45, 2.75) is 63.7 Å². The molecule has 0 radical (unpaired) electrons. The van der Waals surface area contributed by atoms with Gasteiger partial charge in [-0.2, -0.15) is 0 Å². The van der Waals surface area contributed by atoms with E-state index in [4.69, 9.17) is 4.43 Å². The molecule has 2 aliphatic rings. The molecule has 5 heteroatoms. The van der Waals surface area contributed by atoms with Gasteiger partial charge in [-0.25, -0.2) is 0 Å². The third-order valence-corrected chi connectivity index (χ3v) is 9.58. The predicted octanol–water partition coefficient (Wildman–Crippen LogP) is 2.34. The summed E-state index contributed by atoms with van der Waals surface area (Å²) in [5.41, 5.74) is -0.632. The van der Waals surface area contributed by atoms with Gasteiger partial charge in [-0.15, -0.1) is 0 Å². The summed E-state index contributed by atoms with van der Waals surface area (Å²) in [7, 11) is -1.88. The molecule has 0 saturated carbocycles. The highest BCUT2D eigenvalue weighted by molar-refractivity contribution is 6.74. The van der Waals surface area contributed by atoms with Crippen molar-refractivity contribution >= 4 is 20.0 Å². The summed E-state index contributed by atoms with van der Waals surface area (Å²) in [6.45, 7) is 12.0. The molecule has 108 valence electrons. The number of rotatable bonds is 3. The first-order chi connectivity index (χ1) is 8.60. The Morgan fingerprint density at radius 1 is 1.32 bits per heavy atom. The van der Waals surface area contributed by atoms with Crippen molar-refractivity contribution < 1.29 is 14.0 Å². The van der Waals surface area contributed by atoms with E-state index in [0.29, 0.717) is 13.2 Å². The van der Waals surface area contributed by atoms with Crippen LogP contribution in [0.15, 0.2) is 0 Å². The fourth-order valence-electron chi connectivity index (χ4n) is 2.68. The average molecular weight is 283 g/mol. The topological polar surface area (TPSA) is 46.6 Å². The monoisotopic (exact) mass is 283 g/mol. The molecule has 0 aliphatic carbocycles. The van der Waals surface area contributed by atoms with E-state index < -0.39 is 13.9 Å². The average Bonchev–Trinajstić information content (AvgIpc) is 2.77. The number of carbonyl (C=O) groups excluding carboxylic acids is 2. The van der Waals surface area contributed by atoms with Crippen LogP contribution in [0, 0.1) is 0 Å². The van der Waals surface area contributed by atoms with Gasteiger partial charge in [0.25, 0.3) is 0 Å². The van der Waals surface area contributed by atoms with Crippen molar-refractivity contribution in [2.24, 2.45) is 0 Å². The van der Waals surface area contributed by atoms with Crippen molar-refractivity contribution in [2.75, 3.05) is 13.2 Å². The summed E-state index contributed by atoms with van der Waals surface area (Å²) in [5, 5.41) is 0.124. The number of ketones is 1. The number of hydrogen-bond acceptors (Lipinski definition) is 3. The van der Waals surface area contributed by atoms with Gasteiger partial charge in [0.1, 0.15) is 5.54 Å². The van der Waals surface area contributed by atoms with Gasteiger partial charge >= 0.3 is 0 Å². The maximum absolute atomic E-state index is 12.2. The SMILES string of the molecule is CC(C)(C)[Si](C)(C)OC[C@]12CCCN1C(=O)CC2=O. The minimum atomic E-state index is -1.88. The third kappa shape index (κ3) is 2.27. The minimum absolute atomic E-state index is 0.0127. The number of carbonyl (C=O) groups is 2. The molecule has 0 aromatic carbocycles. The molecular formula is C14H25NO3Si. The molecule has 19 heavy (non-hydrogen) atoms. The fraction of sp³-hybridized carbons (Fsp3) is 0.857. The van der Waals surface area contributed by atoms with Crippen LogP contribution >= 0.6 is 0 Å². The van der Waals surface area contributed by atoms with Crippen LogP contribution in [0.2, 0.25) is 18.1 Å². The molecule has 0 aromatic rings. The molecular weight excluding hydrogens is 258 g/mol. The first kappa shape index (κ1) is 14.7. The Morgan fingerprint density at radius 3 is 2.53 bits per heavy atom. The van der Waals surface area contributed by atoms with Gasteiger partial charge in [0.15, 0.2) is 14.1 Å². The lowest BCUT2D eigenvalue weighted by Crippen LogP contribution is -2.53. The van der Waals surface area contributed by atoms with Gasteiger partial charge in [-0.3, -0.25) is 9.59 Å². The van der Waals surface area contributed by atoms with E-state index in [0.717, 1.165) is 12.8 Å². The Bertz CT molecular complexity index is 413. The molecule has 0 spiro atoms. The summed E-state index contributed by atoms with van der Waals surface area (Å²) in [5.74, 6) is 0.0510. The zero-order chi connectivity index (χ0) is 14.5. The lowest BCUT2D eigenvalue weighted by molar-refractivity contribution is -0.131. The summed E-state index contributed by atoms with van der Waals surface area (Å²) in [4.78, 5) is 25.8. The molecule has 2 saturated heterocycles. The van der Waals surface area contributed by atoms with Crippen molar-refractivity contribution in [3.8, 4) is 0 Å². The molecule has 4 nitrogen and oxygen atoms in total. The van der Waals surface area contributed by atoms with E-state index in [1.54, 1.807) is 4.90 Å². The lowest BCUT2D eigenvalue weighted by Gasteiger charge is -2.40. The zero-order valence-corrected chi connectivity index (χ0v) is 13.7. The molecule has 0 N–H and O–H groups in total. The molecule has 2 heterocycles. The number of nitrogens with zero attached hydrogens (tertiary/aromatic N) is 1. The molecule has 2 aliphatic heterocycles. The van der Waals surface area contributed by atoms with Crippen LogP contribution < -0.4 is 0 Å². The van der Waals surface area contributed by atoms with E-state index in [1.807, 2.05) is 0 Å². The first-order valence-corrected chi connectivity index (χ1v) is 9.99. The minimum Gasteiger partial charge on any atom is -0.414 e. The van der Waals surface area contributed by atoms with Crippen molar-refractivity contribution in [3.05, 3.63) is 0 Å². The highest BCUT2D eigenvalue weighted by Gasteiger charge is 2.56. The highest BCUT2D eigenvalue weighted by Crippen LogP contribution is 2.41. The largest absolute Gasteiger partial charge is 0.414 e. The van der Waals surface area contributed by atoms with Crippen LogP contribution in [0.3, 0.4) is 0 Å². The molecule has 0 aromatic heterocycles. The van der Waals surface area contributed by atoms with Crippen LogP contribution in [-0.2, 0) is 14.0 Å². The Hall–Kier alpha value is -0.683. The predicted molar refractivity (Wildman–Crippen MR) is 76.5 cm³/mol. The Kier molecular flexibility index (Phi) is 3.42. The van der Waals surface area contributed by atoms with E-state index in [-0.39, 0.29) is 23.1 Å². The van der Waals surface area contributed by atoms with Gasteiger partial charge in [-0.05, 0) is 31.0 Å². The van der Waals surface area contributed by atoms with E-state index in [9.17, 15) is 9.59 Å². The summed E-state index contributed by atoms with van der Waals surface area (Å²) in [6.07, 6.45) is 1.76. The Balaban J connectivity index is 2.14. The second kappa shape index (κ2) is 4.41. The fourth-order valence-corrected chi connectivity index (χ4v) is 3.71. The normalized spacial score (nSPS) is 28.2. The smallest absolute Gasteiger partial charge is 0.231 e. The Morgan fingerprint density at radius 2 is 1.95 bits per heavy atom. The third-order valence-electron chi connectivity index (χ3n) is 5.10. The maximum Gasteiger partial charge on any atom is 0.231 e. The summed E-state index contributed by atoms with van der Waals surface area (Å²) in [6, 6.07) is 0. The van der Waals surface area contributed by atoms with E-state index >= 15 is 0 Å². The summed E-state index contributed by atoms with van der Waals surface area (Å²) >= 11 is 0. The lowest BCUT2D eigenvalue weighted by atomic mass is 9.94. The Labute approximate surface area is 116 Å². The number of fused-ring (bicyclic) bond motifs is 1. The molecule has 2 fully saturated rings. The van der Waals surface area contributed by atoms with Crippen molar-refractivity contribution in [1.82, 2.24) is 4.90 Å². The van der Waals surface area contributed by atoms with E-state index in [2.05, 4.69) is 33.9 Å². The van der Waals surface area contributed by atoms with Crippen LogP contribution in [-0.4, -0.2) is 43.6 Å². The number of amides is 1. The van der Waals surface area contributed by atoms with Gasteiger partial charge in [0, 0.05) is 6.54 Å². The standard InChI is InChI=1S/C14H25NO3Si/c1-13(2,3)19(4,5)18-10-14-7-6-8-15(14)12(17)9-11(14)16/h6-10H2,1-5H3/t14-/m0/s1. The second-order valence-electron chi connectivity index (χ2n) is 7.33. The summed E-state index contributed by atoms with van der Waals surface area (Å²) < 4.78 is 6.23. The van der Waals surface area contributed by atoms with Gasteiger partial charge in [0.05, 0.1) is 13.0 Å². The van der Waals surface area contributed by atoms with Crippen LogP contribution in [0.25, 0.3) is 0 Å². The first-order valence-electron chi connectivity index (χ1n) is 7.08. The molecule has 1 atom stereocenters. The van der Waals surface area contributed by atoms with Crippen LogP contribution in [0.5, 0.6) is 0 Å². The van der Waals surface area contributed by atoms with Gasteiger partial charge < -0.3 is 9.33 Å². The zero-order valence-electron chi connectivity index (χ0n) is 12.7. The number of Topliss-reactive ketones (excluding diaryl/α,β-unsaturated/α-hetero) is 1. The quantitative estimate of drug-likeness (QED) is 0.590. The molecule has 2 rings (SSSR count). The maximum atomic E-state index is 12.2. The molecule has 0 unspecified atom stereocenters. The van der Waals surface area contributed by atoms with Gasteiger partial charge in [0.2, 0.25) is 5.91 Å².